The lowest BCUT2D eigenvalue weighted by Gasteiger charge is -2.30. The third kappa shape index (κ3) is 24.9. The van der Waals surface area contributed by atoms with Crippen molar-refractivity contribution < 1.29 is 71.4 Å². The number of fused-ring (bicyclic) bond motifs is 6. The Balaban J connectivity index is 0.000000123. The molecule has 0 radical (unpaired) electrons. The molecule has 1 heterocycles. The second-order valence-electron chi connectivity index (χ2n) is 36.3. The van der Waals surface area contributed by atoms with Gasteiger partial charge in [0.25, 0.3) is 0 Å². The number of allylic oxidation sites excluding steroid dienone is 1. The van der Waals surface area contributed by atoms with Gasteiger partial charge in [-0.3, -0.25) is 19.2 Å². The molecule has 2 saturated carbocycles. The lowest BCUT2D eigenvalue weighted by atomic mass is 9.78. The first kappa shape index (κ1) is 102. The Morgan fingerprint density at radius 1 is 0.320 bits per heavy atom. The minimum absolute atomic E-state index is 0.144. The van der Waals surface area contributed by atoms with Gasteiger partial charge in [-0.15, -0.1) is 0 Å². The fraction of sp³-hybridized carbons (Fsp3) is 0.145. The largest absolute Gasteiger partial charge is 0.490 e. The average molecular weight is 2050 g/mol. The van der Waals surface area contributed by atoms with Crippen LogP contribution in [-0.4, -0.2) is 87.7 Å². The maximum absolute atomic E-state index is 13.4. The first-order valence-corrected chi connectivity index (χ1v) is 55.2. The van der Waals surface area contributed by atoms with Crippen LogP contribution in [0, 0.1) is 23.7 Å². The van der Waals surface area contributed by atoms with Gasteiger partial charge >= 0.3 is 35.8 Å². The molecule has 1 aliphatic heterocycles. The average Bonchev–Trinajstić information content (AvgIpc) is 1.54. The number of aryl methyl sites for hydroxylation is 1. The monoisotopic (exact) mass is 2050 g/mol. The van der Waals surface area contributed by atoms with E-state index in [-0.39, 0.29) is 105 Å². The molecule has 17 aromatic rings. The summed E-state index contributed by atoms with van der Waals surface area (Å²) in [5, 5.41) is 0. The summed E-state index contributed by atoms with van der Waals surface area (Å²) in [4.78, 5) is 91.1. The van der Waals surface area contributed by atoms with Crippen molar-refractivity contribution in [3.63, 3.8) is 0 Å². The lowest BCUT2D eigenvalue weighted by molar-refractivity contribution is -0.160. The molecular formula is C131H112O15S4+4. The highest BCUT2D eigenvalue weighted by atomic mass is 32.2. The van der Waals surface area contributed by atoms with Gasteiger partial charge in [-0.25, -0.2) is 9.59 Å². The smallest absolute Gasteiger partial charge is 0.338 e. The highest BCUT2D eigenvalue weighted by Crippen LogP contribution is 2.59. The highest BCUT2D eigenvalue weighted by Gasteiger charge is 2.70. The quantitative estimate of drug-likeness (QED) is 0.00997. The highest BCUT2D eigenvalue weighted by molar-refractivity contribution is 7.98. The molecule has 0 N–H and O–H groups in total. The van der Waals surface area contributed by atoms with Crippen molar-refractivity contribution in [1.82, 2.24) is 0 Å². The molecule has 23 rings (SSSR count). The fourth-order valence-electron chi connectivity index (χ4n) is 19.9. The summed E-state index contributed by atoms with van der Waals surface area (Å²) in [5.41, 5.74) is 9.61. The zero-order valence-corrected chi connectivity index (χ0v) is 86.0. The van der Waals surface area contributed by atoms with Crippen molar-refractivity contribution in [1.29, 1.82) is 0 Å². The predicted octanol–water partition coefficient (Wildman–Crippen LogP) is 27.0. The third-order valence-electron chi connectivity index (χ3n) is 26.7. The van der Waals surface area contributed by atoms with Crippen molar-refractivity contribution in [2.75, 3.05) is 39.6 Å². The SMILES string of the molecule is C=C(C)C(=O)OC1C2CC3C1OC(=O)C3C2C(=O)Oc1ccc([S+](c2ccccc2)c2ccccc2)cc1.O=C(OCCOc1ccc([S+](c2ccccc2)c2ccccc2)cc1)C1=CCc2ccccc21.O=C(OCCOc1ccc([S+](c2ccccc2)c2ccccc2)cc1)C1CCc2ccccc21.O=C(OCCOc1ccc([S+](c2ccccc2)c2ccccc2)cc1)C1c2ccccc2-c2ccccc21.c1ccccc1. The summed E-state index contributed by atoms with van der Waals surface area (Å²) in [5.74, 6) is -1.72. The van der Waals surface area contributed by atoms with Crippen LogP contribution in [0.15, 0.2) is 550 Å². The molecule has 6 aliphatic rings. The molecule has 19 heteroatoms. The Morgan fingerprint density at radius 2 is 0.633 bits per heavy atom. The number of esters is 6. The molecule has 2 bridgehead atoms. The van der Waals surface area contributed by atoms with Crippen LogP contribution in [-0.2, 0) is 109 Å². The second kappa shape index (κ2) is 50.5. The van der Waals surface area contributed by atoms with E-state index in [0.717, 1.165) is 80.4 Å². The van der Waals surface area contributed by atoms with Crippen molar-refractivity contribution in [3.8, 4) is 34.1 Å². The number of hydrogen-bond donors (Lipinski definition) is 0. The maximum atomic E-state index is 13.4. The molecule has 746 valence electrons. The van der Waals surface area contributed by atoms with Gasteiger partial charge in [0.15, 0.2) is 58.7 Å². The summed E-state index contributed by atoms with van der Waals surface area (Å²) in [6.07, 6.45) is 3.90. The van der Waals surface area contributed by atoms with Gasteiger partial charge < -0.3 is 42.6 Å². The Morgan fingerprint density at radius 3 is 1.01 bits per heavy atom. The molecule has 3 fully saturated rings. The Bertz CT molecular complexity index is 7200. The van der Waals surface area contributed by atoms with Crippen LogP contribution in [0.4, 0.5) is 0 Å². The number of benzene rings is 17. The van der Waals surface area contributed by atoms with Crippen LogP contribution in [0.2, 0.25) is 0 Å². The standard InChI is InChI=1S/C34H27O3S.C31H27O6S.C30H27O3S.C30H25O3S.C6H6/c35-34(33-31-17-9-7-15-29(31)30-16-8-10-18-32(30)33)37-24-23-36-25-19-21-28(22-20-25)38(26-11-3-1-4-12-26)27-13-5-2-6-14-27;1-18(2)29(32)36-27-23-17-24-26(31(34)37-28(24)27)25(23)30(33)35-19-13-15-22(16-14-19)38(20-9-5-3-6-10-20)21-11-7-4-8-12-21;2*31-30(29-20-15-23-9-7-8-14-28(23)29)33-22-21-32-24-16-18-27(19-17-24)34(25-10-3-1-4-11-25)26-12-5-2-6-13-26;1-2-4-6-5-3-1/h1-22,33H,23-24H2;3-16,23-28H,1,17H2,2H3;1-14,16-19,29H,15,20-22H2;1-14,16-20H,15,21-22H2;1-6H/q4*+1;. The van der Waals surface area contributed by atoms with Crippen LogP contribution in [0.1, 0.15) is 65.0 Å². The first-order chi connectivity index (χ1) is 73.8. The predicted molar refractivity (Wildman–Crippen MR) is 590 cm³/mol. The molecule has 150 heavy (non-hydrogen) atoms. The van der Waals surface area contributed by atoms with Crippen molar-refractivity contribution in [3.05, 3.63) is 525 Å². The molecule has 0 aromatic heterocycles. The summed E-state index contributed by atoms with van der Waals surface area (Å²) in [6.45, 7) is 6.78. The Kier molecular flexibility index (Phi) is 34.5. The van der Waals surface area contributed by atoms with E-state index in [2.05, 4.69) is 231 Å². The molecule has 0 spiro atoms. The zero-order chi connectivity index (χ0) is 103. The number of ether oxygens (including phenoxy) is 9. The first-order valence-electron chi connectivity index (χ1n) is 50.3. The zero-order valence-electron chi connectivity index (χ0n) is 82.8. The molecule has 0 amide bonds. The second-order valence-corrected chi connectivity index (χ2v) is 44.4. The van der Waals surface area contributed by atoms with Gasteiger partial charge in [0.05, 0.1) is 66.9 Å². The summed E-state index contributed by atoms with van der Waals surface area (Å²) in [7, 11) is -0.885. The lowest BCUT2D eigenvalue weighted by Crippen LogP contribution is -2.44. The number of carbonyl (C=O) groups is 6. The summed E-state index contributed by atoms with van der Waals surface area (Å²) >= 11 is 0. The number of carbonyl (C=O) groups excluding carboxylic acids is 6. The van der Waals surface area contributed by atoms with Crippen LogP contribution < -0.4 is 18.9 Å². The minimum atomic E-state index is -0.711. The Labute approximate surface area is 887 Å². The van der Waals surface area contributed by atoms with E-state index in [1.807, 2.05) is 243 Å². The van der Waals surface area contributed by atoms with Crippen LogP contribution >= 0.6 is 0 Å². The fourth-order valence-corrected chi connectivity index (χ4v) is 28.2. The van der Waals surface area contributed by atoms with Crippen LogP contribution in [0.3, 0.4) is 0 Å². The van der Waals surface area contributed by atoms with E-state index in [4.69, 9.17) is 42.6 Å². The maximum Gasteiger partial charge on any atom is 0.338 e. The number of rotatable bonds is 31. The molecular weight excluding hydrogens is 1940 g/mol. The molecule has 17 aromatic carbocycles. The molecule has 7 unspecified atom stereocenters. The van der Waals surface area contributed by atoms with Crippen molar-refractivity contribution in [2.24, 2.45) is 23.7 Å². The topological polar surface area (TPSA) is 185 Å². The van der Waals surface area contributed by atoms with Gasteiger partial charge in [0.1, 0.15) is 80.8 Å². The van der Waals surface area contributed by atoms with E-state index < -0.39 is 47.9 Å². The normalized spacial score (nSPS) is 16.2. The van der Waals surface area contributed by atoms with Crippen LogP contribution in [0.5, 0.6) is 23.0 Å². The van der Waals surface area contributed by atoms with Gasteiger partial charge in [-0.05, 0) is 271 Å². The van der Waals surface area contributed by atoms with Crippen LogP contribution in [0.25, 0.3) is 16.7 Å². The third-order valence-corrected chi connectivity index (χ3v) is 35.6. The van der Waals surface area contributed by atoms with Gasteiger partial charge in [0, 0.05) is 17.4 Å². The number of hydrogen-bond acceptors (Lipinski definition) is 15. The molecule has 15 nitrogen and oxygen atoms in total. The Hall–Kier alpha value is -16.2. The summed E-state index contributed by atoms with van der Waals surface area (Å²) in [6, 6.07) is 160. The van der Waals surface area contributed by atoms with Gasteiger partial charge in [-0.2, -0.15) is 0 Å². The van der Waals surface area contributed by atoms with Gasteiger partial charge in [-0.1, -0.05) is 292 Å². The molecule has 7 atom stereocenters. The summed E-state index contributed by atoms with van der Waals surface area (Å²) < 4.78 is 51.2. The van der Waals surface area contributed by atoms with Crippen molar-refractivity contribution >= 4 is 85.0 Å². The van der Waals surface area contributed by atoms with E-state index in [1.54, 1.807) is 19.1 Å². The van der Waals surface area contributed by atoms with E-state index in [0.29, 0.717) is 37.6 Å². The molecule has 1 saturated heterocycles. The van der Waals surface area contributed by atoms with E-state index >= 15 is 0 Å². The van der Waals surface area contributed by atoms with E-state index in [9.17, 15) is 28.8 Å². The molecule has 5 aliphatic carbocycles. The van der Waals surface area contributed by atoms with E-state index in [1.165, 1.54) is 59.4 Å². The van der Waals surface area contributed by atoms with Gasteiger partial charge in [0.2, 0.25) is 0 Å². The van der Waals surface area contributed by atoms with Crippen molar-refractivity contribution in [2.45, 2.75) is 115 Å². The minimum Gasteiger partial charge on any atom is -0.490 e.